The van der Waals surface area contributed by atoms with Crippen LogP contribution in [0.1, 0.15) is 31.4 Å². The molecule has 0 saturated carbocycles. The van der Waals surface area contributed by atoms with Crippen molar-refractivity contribution in [2.75, 3.05) is 20.6 Å². The first-order valence-electron chi connectivity index (χ1n) is 7.14. The van der Waals surface area contributed by atoms with Crippen molar-refractivity contribution in [2.45, 2.75) is 38.6 Å². The van der Waals surface area contributed by atoms with Crippen LogP contribution in [0.15, 0.2) is 17.0 Å². The smallest absolute Gasteiger partial charge is 0.243 e. The van der Waals surface area contributed by atoms with Crippen LogP contribution in [0.4, 0.5) is 0 Å². The fraction of sp³-hybridized carbons (Fsp3) is 0.600. The molecule has 1 rings (SSSR count). The molecule has 6 heteroatoms. The molecule has 0 bridgehead atoms. The van der Waals surface area contributed by atoms with Crippen LogP contribution in [-0.4, -0.2) is 33.4 Å². The summed E-state index contributed by atoms with van der Waals surface area (Å²) in [5.41, 5.74) is 1.66. The van der Waals surface area contributed by atoms with Crippen LogP contribution in [0.5, 0.6) is 0 Å². The quantitative estimate of drug-likeness (QED) is 0.835. The Morgan fingerprint density at radius 2 is 2.00 bits per heavy atom. The third kappa shape index (κ3) is 4.42. The molecular formula is C15H25ClN2O2S. The van der Waals surface area contributed by atoms with Gasteiger partial charge in [0.2, 0.25) is 10.0 Å². The van der Waals surface area contributed by atoms with E-state index in [0.717, 1.165) is 17.5 Å². The zero-order chi connectivity index (χ0) is 16.2. The molecule has 1 atom stereocenters. The number of benzene rings is 1. The summed E-state index contributed by atoms with van der Waals surface area (Å²) >= 11 is 6.09. The Kier molecular flexibility index (Phi) is 6.66. The number of nitrogens with zero attached hydrogens (tertiary/aromatic N) is 1. The highest BCUT2D eigenvalue weighted by molar-refractivity contribution is 7.89. The van der Waals surface area contributed by atoms with Gasteiger partial charge in [-0.3, -0.25) is 0 Å². The molecule has 0 aliphatic rings. The van der Waals surface area contributed by atoms with Gasteiger partial charge >= 0.3 is 0 Å². The summed E-state index contributed by atoms with van der Waals surface area (Å²) in [6.45, 7) is 7.02. The van der Waals surface area contributed by atoms with Gasteiger partial charge in [-0.2, -0.15) is 0 Å². The van der Waals surface area contributed by atoms with Gasteiger partial charge < -0.3 is 5.32 Å². The summed E-state index contributed by atoms with van der Waals surface area (Å²) < 4.78 is 26.9. The summed E-state index contributed by atoms with van der Waals surface area (Å²) in [7, 11) is -0.0694. The van der Waals surface area contributed by atoms with Crippen LogP contribution in [0.25, 0.3) is 0 Å². The molecule has 21 heavy (non-hydrogen) atoms. The van der Waals surface area contributed by atoms with Gasteiger partial charge in [0.25, 0.3) is 0 Å². The van der Waals surface area contributed by atoms with Crippen molar-refractivity contribution in [1.29, 1.82) is 0 Å². The van der Waals surface area contributed by atoms with Gasteiger partial charge in [-0.25, -0.2) is 12.7 Å². The summed E-state index contributed by atoms with van der Waals surface area (Å²) in [6.07, 6.45) is 0.944. The van der Waals surface area contributed by atoms with E-state index in [1.54, 1.807) is 19.2 Å². The molecule has 0 heterocycles. The van der Waals surface area contributed by atoms with Crippen LogP contribution < -0.4 is 5.32 Å². The molecule has 1 unspecified atom stereocenters. The molecule has 0 aliphatic carbocycles. The molecule has 0 aliphatic heterocycles. The van der Waals surface area contributed by atoms with E-state index in [2.05, 4.69) is 12.2 Å². The van der Waals surface area contributed by atoms with Crippen molar-refractivity contribution >= 4 is 21.6 Å². The van der Waals surface area contributed by atoms with Crippen LogP contribution in [0.3, 0.4) is 0 Å². The Balaban J connectivity index is 3.25. The molecule has 1 aromatic carbocycles. The lowest BCUT2D eigenvalue weighted by molar-refractivity contribution is 0.393. The molecule has 1 aromatic rings. The Morgan fingerprint density at radius 1 is 1.38 bits per heavy atom. The minimum absolute atomic E-state index is 0.297. The molecule has 0 spiro atoms. The maximum absolute atomic E-state index is 12.8. The number of rotatable bonds is 7. The molecule has 1 N–H and O–H groups in total. The topological polar surface area (TPSA) is 49.4 Å². The zero-order valence-corrected chi connectivity index (χ0v) is 15.0. The predicted molar refractivity (Wildman–Crippen MR) is 88.2 cm³/mol. The van der Waals surface area contributed by atoms with E-state index in [9.17, 15) is 8.42 Å². The number of halogens is 1. The van der Waals surface area contributed by atoms with E-state index in [0.29, 0.717) is 28.9 Å². The number of sulfonamides is 1. The first-order chi connectivity index (χ1) is 9.73. The van der Waals surface area contributed by atoms with Crippen molar-refractivity contribution < 1.29 is 8.42 Å². The second-order valence-electron chi connectivity index (χ2n) is 5.52. The average Bonchev–Trinajstić information content (AvgIpc) is 2.42. The standard InChI is InChI=1S/C15H25ClN2O2S/c1-6-11(2)10-18(5)21(19,20)15-8-14(16)7-13(9-17-4)12(15)3/h7-8,11,17H,6,9-10H2,1-5H3. The van der Waals surface area contributed by atoms with Crippen LogP contribution in [0, 0.1) is 12.8 Å². The predicted octanol–water partition coefficient (Wildman–Crippen LogP) is 3.03. The second-order valence-corrected chi connectivity index (χ2v) is 7.97. The maximum Gasteiger partial charge on any atom is 0.243 e. The maximum atomic E-state index is 12.8. The SMILES string of the molecule is CCC(C)CN(C)S(=O)(=O)c1cc(Cl)cc(CNC)c1C. The molecule has 120 valence electrons. The summed E-state index contributed by atoms with van der Waals surface area (Å²) in [4.78, 5) is 0.297. The van der Waals surface area contributed by atoms with Gasteiger partial charge in [-0.05, 0) is 43.1 Å². The fourth-order valence-electron chi connectivity index (χ4n) is 2.18. The number of nitrogens with one attached hydrogen (secondary N) is 1. The van der Waals surface area contributed by atoms with Crippen molar-refractivity contribution in [3.05, 3.63) is 28.3 Å². The van der Waals surface area contributed by atoms with Crippen molar-refractivity contribution in [1.82, 2.24) is 9.62 Å². The van der Waals surface area contributed by atoms with Crippen LogP contribution in [-0.2, 0) is 16.6 Å². The Hall–Kier alpha value is -0.620. The second kappa shape index (κ2) is 7.58. The highest BCUT2D eigenvalue weighted by Gasteiger charge is 2.25. The number of hydrogen-bond acceptors (Lipinski definition) is 3. The first kappa shape index (κ1) is 18.4. The highest BCUT2D eigenvalue weighted by Crippen LogP contribution is 2.27. The van der Waals surface area contributed by atoms with E-state index in [-0.39, 0.29) is 0 Å². The van der Waals surface area contributed by atoms with E-state index < -0.39 is 10.0 Å². The third-order valence-electron chi connectivity index (χ3n) is 3.75. The molecular weight excluding hydrogens is 308 g/mol. The molecule has 0 fully saturated rings. The van der Waals surface area contributed by atoms with Gasteiger partial charge in [0.05, 0.1) is 4.90 Å². The monoisotopic (exact) mass is 332 g/mol. The van der Waals surface area contributed by atoms with Gasteiger partial charge in [0.1, 0.15) is 0 Å². The van der Waals surface area contributed by atoms with Crippen molar-refractivity contribution in [3.8, 4) is 0 Å². The Morgan fingerprint density at radius 3 is 2.52 bits per heavy atom. The minimum Gasteiger partial charge on any atom is -0.316 e. The van der Waals surface area contributed by atoms with E-state index in [1.165, 1.54) is 4.31 Å². The number of hydrogen-bond donors (Lipinski definition) is 1. The first-order valence-corrected chi connectivity index (χ1v) is 8.95. The van der Waals surface area contributed by atoms with E-state index in [4.69, 9.17) is 11.6 Å². The third-order valence-corrected chi connectivity index (χ3v) is 5.92. The fourth-order valence-corrected chi connectivity index (χ4v) is 4.07. The van der Waals surface area contributed by atoms with Crippen molar-refractivity contribution in [2.24, 2.45) is 5.92 Å². The minimum atomic E-state index is -3.52. The van der Waals surface area contributed by atoms with Gasteiger partial charge in [0.15, 0.2) is 0 Å². The Bertz CT molecular complexity index is 588. The molecule has 0 aromatic heterocycles. The normalized spacial score (nSPS) is 13.7. The zero-order valence-electron chi connectivity index (χ0n) is 13.4. The molecule has 0 amide bonds. The average molecular weight is 333 g/mol. The summed E-state index contributed by atoms with van der Waals surface area (Å²) in [5.74, 6) is 0.320. The van der Waals surface area contributed by atoms with Crippen LogP contribution >= 0.6 is 11.6 Å². The largest absolute Gasteiger partial charge is 0.316 e. The lowest BCUT2D eigenvalue weighted by Gasteiger charge is -2.22. The van der Waals surface area contributed by atoms with Gasteiger partial charge in [0, 0.05) is 25.2 Å². The van der Waals surface area contributed by atoms with Gasteiger partial charge in [-0.1, -0.05) is 31.9 Å². The Labute approximate surface area is 133 Å². The molecule has 0 saturated heterocycles. The van der Waals surface area contributed by atoms with E-state index in [1.807, 2.05) is 20.9 Å². The molecule has 0 radical (unpaired) electrons. The van der Waals surface area contributed by atoms with Gasteiger partial charge in [-0.15, -0.1) is 0 Å². The lowest BCUT2D eigenvalue weighted by atomic mass is 10.1. The van der Waals surface area contributed by atoms with Crippen molar-refractivity contribution in [3.63, 3.8) is 0 Å². The van der Waals surface area contributed by atoms with E-state index >= 15 is 0 Å². The lowest BCUT2D eigenvalue weighted by Crippen LogP contribution is -2.31. The van der Waals surface area contributed by atoms with Crippen LogP contribution in [0.2, 0.25) is 5.02 Å². The summed E-state index contributed by atoms with van der Waals surface area (Å²) in [6, 6.07) is 3.35. The molecule has 4 nitrogen and oxygen atoms in total. The summed E-state index contributed by atoms with van der Waals surface area (Å²) in [5, 5.41) is 3.48. The highest BCUT2D eigenvalue weighted by atomic mass is 35.5.